The predicted octanol–water partition coefficient (Wildman–Crippen LogP) is 3.74. The van der Waals surface area contributed by atoms with Crippen LogP contribution in [0, 0.1) is 0 Å². The summed E-state index contributed by atoms with van der Waals surface area (Å²) in [5, 5.41) is 0.808. The Labute approximate surface area is 202 Å². The lowest BCUT2D eigenvalue weighted by Gasteiger charge is -2.38. The number of ether oxygens (including phenoxy) is 3. The number of fused-ring (bicyclic) bond motifs is 2. The van der Waals surface area contributed by atoms with E-state index in [1.165, 1.54) is 0 Å². The van der Waals surface area contributed by atoms with Crippen LogP contribution in [0.25, 0.3) is 10.9 Å². The van der Waals surface area contributed by atoms with Crippen LogP contribution in [-0.2, 0) is 6.42 Å². The molecule has 1 aliphatic heterocycles. The lowest BCUT2D eigenvalue weighted by Crippen LogP contribution is -2.42. The van der Waals surface area contributed by atoms with Crippen molar-refractivity contribution in [1.82, 2.24) is 14.9 Å². The molecule has 0 aliphatic carbocycles. The summed E-state index contributed by atoms with van der Waals surface area (Å²) in [6, 6.07) is 13.8. The van der Waals surface area contributed by atoms with Crippen molar-refractivity contribution in [2.24, 2.45) is 0 Å². The molecule has 2 aromatic heterocycles. The van der Waals surface area contributed by atoms with Gasteiger partial charge in [-0.3, -0.25) is 14.6 Å². The Morgan fingerprint density at radius 2 is 1.69 bits per heavy atom. The number of methoxy groups -OCH3 is 3. The average molecular weight is 472 g/mol. The molecule has 2 aromatic carbocycles. The van der Waals surface area contributed by atoms with Gasteiger partial charge in [0, 0.05) is 41.0 Å². The van der Waals surface area contributed by atoms with Gasteiger partial charge >= 0.3 is 0 Å². The van der Waals surface area contributed by atoms with Crippen LogP contribution in [0.1, 0.15) is 33.1 Å². The summed E-state index contributed by atoms with van der Waals surface area (Å²) in [6.45, 7) is 0.434. The number of aromatic amines is 1. The average Bonchev–Trinajstić information content (AvgIpc) is 2.91. The van der Waals surface area contributed by atoms with Crippen molar-refractivity contribution in [2.75, 3.05) is 27.9 Å². The smallest absolute Gasteiger partial charge is 0.254 e. The zero-order valence-electron chi connectivity index (χ0n) is 19.7. The molecule has 8 heteroatoms. The van der Waals surface area contributed by atoms with E-state index >= 15 is 0 Å². The first kappa shape index (κ1) is 22.5. The lowest BCUT2D eigenvalue weighted by molar-refractivity contribution is 0.0693. The summed E-state index contributed by atoms with van der Waals surface area (Å²) in [4.78, 5) is 35.8. The number of nitrogens with zero attached hydrogens (tertiary/aromatic N) is 2. The molecule has 0 bridgehead atoms. The first-order valence-electron chi connectivity index (χ1n) is 11.2. The monoisotopic (exact) mass is 471 g/mol. The van der Waals surface area contributed by atoms with Gasteiger partial charge in [0.05, 0.1) is 27.4 Å². The van der Waals surface area contributed by atoms with Crippen molar-refractivity contribution in [3.63, 3.8) is 0 Å². The van der Waals surface area contributed by atoms with Crippen molar-refractivity contribution in [1.29, 1.82) is 0 Å². The Hall–Kier alpha value is -4.33. The number of carbonyl (C=O) groups is 1. The van der Waals surface area contributed by atoms with Gasteiger partial charge in [-0.2, -0.15) is 0 Å². The molecule has 0 fully saturated rings. The molecule has 1 aliphatic rings. The lowest BCUT2D eigenvalue weighted by atomic mass is 9.87. The summed E-state index contributed by atoms with van der Waals surface area (Å²) in [5.74, 6) is 1.64. The fourth-order valence-corrected chi connectivity index (χ4v) is 4.69. The number of hydrogen-bond acceptors (Lipinski definition) is 6. The number of pyridine rings is 2. The molecule has 1 N–H and O–H groups in total. The maximum atomic E-state index is 13.7. The first-order chi connectivity index (χ1) is 17.0. The van der Waals surface area contributed by atoms with Crippen LogP contribution >= 0.6 is 0 Å². The molecule has 0 unspecified atom stereocenters. The van der Waals surface area contributed by atoms with Gasteiger partial charge in [0.15, 0.2) is 11.5 Å². The van der Waals surface area contributed by atoms with Gasteiger partial charge in [0.25, 0.3) is 11.5 Å². The SMILES string of the molecule is COc1ccc2[nH]c(=O)c([C@@H]3c4cc(OC)c(OC)cc4CCN3C(=O)c3ccncc3)cc2c1. The van der Waals surface area contributed by atoms with Gasteiger partial charge in [-0.05, 0) is 66.1 Å². The summed E-state index contributed by atoms with van der Waals surface area (Å²) < 4.78 is 16.4. The van der Waals surface area contributed by atoms with Crippen molar-refractivity contribution in [3.05, 3.63) is 93.5 Å². The molecule has 8 nitrogen and oxygen atoms in total. The first-order valence-corrected chi connectivity index (χ1v) is 11.2. The summed E-state index contributed by atoms with van der Waals surface area (Å²) in [7, 11) is 4.75. The van der Waals surface area contributed by atoms with Crippen LogP contribution in [0.3, 0.4) is 0 Å². The second-order valence-electron chi connectivity index (χ2n) is 8.30. The Bertz CT molecular complexity index is 1470. The Morgan fingerprint density at radius 3 is 2.40 bits per heavy atom. The minimum atomic E-state index is -0.626. The van der Waals surface area contributed by atoms with Gasteiger partial charge in [-0.25, -0.2) is 0 Å². The highest BCUT2D eigenvalue weighted by molar-refractivity contribution is 5.95. The number of benzene rings is 2. The third-order valence-electron chi connectivity index (χ3n) is 6.44. The van der Waals surface area contributed by atoms with E-state index < -0.39 is 6.04 Å². The number of rotatable bonds is 5. The Morgan fingerprint density at radius 1 is 0.943 bits per heavy atom. The predicted molar refractivity (Wildman–Crippen MR) is 131 cm³/mol. The zero-order chi connectivity index (χ0) is 24.5. The molecule has 0 saturated carbocycles. The molecule has 35 heavy (non-hydrogen) atoms. The summed E-state index contributed by atoms with van der Waals surface area (Å²) >= 11 is 0. The maximum absolute atomic E-state index is 13.7. The van der Waals surface area contributed by atoms with E-state index in [2.05, 4.69) is 9.97 Å². The number of carbonyl (C=O) groups excluding carboxylic acids is 1. The quantitative estimate of drug-likeness (QED) is 0.477. The normalized spacial score (nSPS) is 14.9. The summed E-state index contributed by atoms with van der Waals surface area (Å²) in [5.41, 5.74) is 3.22. The van der Waals surface area contributed by atoms with Gasteiger partial charge in [-0.15, -0.1) is 0 Å². The van der Waals surface area contributed by atoms with E-state index in [4.69, 9.17) is 14.2 Å². The number of nitrogens with one attached hydrogen (secondary N) is 1. The minimum Gasteiger partial charge on any atom is -0.497 e. The van der Waals surface area contributed by atoms with Crippen molar-refractivity contribution >= 4 is 16.8 Å². The van der Waals surface area contributed by atoms with E-state index in [0.29, 0.717) is 46.9 Å². The molecule has 3 heterocycles. The number of hydrogen-bond donors (Lipinski definition) is 1. The van der Waals surface area contributed by atoms with E-state index in [0.717, 1.165) is 16.5 Å². The van der Waals surface area contributed by atoms with Gasteiger partial charge < -0.3 is 24.1 Å². The molecule has 0 saturated heterocycles. The van der Waals surface area contributed by atoms with Gasteiger partial charge in [0.1, 0.15) is 5.75 Å². The molecule has 1 atom stereocenters. The molecule has 4 aromatic rings. The number of aromatic nitrogens is 2. The minimum absolute atomic E-state index is 0.178. The molecule has 178 valence electrons. The van der Waals surface area contributed by atoms with E-state index in [1.54, 1.807) is 56.8 Å². The highest BCUT2D eigenvalue weighted by Crippen LogP contribution is 2.41. The van der Waals surface area contributed by atoms with Crippen LogP contribution in [0.4, 0.5) is 0 Å². The third-order valence-corrected chi connectivity index (χ3v) is 6.44. The standard InChI is InChI=1S/C27H25N3O5/c1-33-19-4-5-22-18(12-19)13-21(26(31)29-22)25-20-15-24(35-3)23(34-2)14-17(20)8-11-30(25)27(32)16-6-9-28-10-7-16/h4-7,9-10,12-15,25H,8,11H2,1-3H3,(H,29,31)/t25-/m0/s1. The van der Waals surface area contributed by atoms with Crippen molar-refractivity contribution in [2.45, 2.75) is 12.5 Å². The molecule has 1 amide bonds. The number of amides is 1. The fourth-order valence-electron chi connectivity index (χ4n) is 4.69. The second-order valence-corrected chi connectivity index (χ2v) is 8.30. The summed E-state index contributed by atoms with van der Waals surface area (Å²) in [6.07, 6.45) is 3.79. The van der Waals surface area contributed by atoms with E-state index in [9.17, 15) is 9.59 Å². The van der Waals surface area contributed by atoms with Crippen LogP contribution in [-0.4, -0.2) is 48.6 Å². The second kappa shape index (κ2) is 9.13. The van der Waals surface area contributed by atoms with Crippen LogP contribution < -0.4 is 19.8 Å². The molecule has 0 radical (unpaired) electrons. The zero-order valence-corrected chi connectivity index (χ0v) is 19.7. The third kappa shape index (κ3) is 3.97. The topological polar surface area (TPSA) is 93.8 Å². The molecule has 5 rings (SSSR count). The highest BCUT2D eigenvalue weighted by atomic mass is 16.5. The van der Waals surface area contributed by atoms with Gasteiger partial charge in [-0.1, -0.05) is 0 Å². The van der Waals surface area contributed by atoms with Crippen molar-refractivity contribution in [3.8, 4) is 17.2 Å². The highest BCUT2D eigenvalue weighted by Gasteiger charge is 2.35. The maximum Gasteiger partial charge on any atom is 0.254 e. The number of H-pyrrole nitrogens is 1. The van der Waals surface area contributed by atoms with Crippen LogP contribution in [0.5, 0.6) is 17.2 Å². The van der Waals surface area contributed by atoms with Crippen LogP contribution in [0.2, 0.25) is 0 Å². The molecular weight excluding hydrogens is 446 g/mol. The largest absolute Gasteiger partial charge is 0.497 e. The molecule has 0 spiro atoms. The van der Waals surface area contributed by atoms with Crippen molar-refractivity contribution < 1.29 is 19.0 Å². The Kier molecular flexibility index (Phi) is 5.86. The van der Waals surface area contributed by atoms with Crippen LogP contribution in [0.15, 0.2) is 65.7 Å². The van der Waals surface area contributed by atoms with Gasteiger partial charge in [0.2, 0.25) is 0 Å². The fraction of sp³-hybridized carbons (Fsp3) is 0.222. The van der Waals surface area contributed by atoms with E-state index in [1.807, 2.05) is 30.3 Å². The van der Waals surface area contributed by atoms with E-state index in [-0.39, 0.29) is 11.5 Å². The Balaban J connectivity index is 1.74. The molecular formula is C27H25N3O5.